The molecule has 0 bridgehead atoms. The van der Waals surface area contributed by atoms with Gasteiger partial charge in [-0.2, -0.15) is 0 Å². The number of carbonyl (C=O) groups excluding carboxylic acids is 2. The third kappa shape index (κ3) is 4.42. The van der Waals surface area contributed by atoms with Gasteiger partial charge in [-0.25, -0.2) is 0 Å². The first kappa shape index (κ1) is 21.3. The molecule has 2 aromatic rings. The SMILES string of the molecule is O=C(NCc1ccccc1[N+](=O)[O-])C1CC2CCCCC2N1C(=O)c1cccc(Cl)c1. The van der Waals surface area contributed by atoms with Crippen LogP contribution in [0.2, 0.25) is 5.02 Å². The molecular formula is C23H24ClN3O4. The van der Waals surface area contributed by atoms with E-state index in [-0.39, 0.29) is 30.1 Å². The number of nitro benzene ring substituents is 1. The Hall–Kier alpha value is -2.93. The predicted molar refractivity (Wildman–Crippen MR) is 117 cm³/mol. The Bertz CT molecular complexity index is 1010. The zero-order chi connectivity index (χ0) is 22.0. The lowest BCUT2D eigenvalue weighted by Gasteiger charge is -2.33. The first-order chi connectivity index (χ1) is 15.0. The highest BCUT2D eigenvalue weighted by Gasteiger charge is 2.47. The average Bonchev–Trinajstić information content (AvgIpc) is 3.16. The molecule has 0 spiro atoms. The maximum absolute atomic E-state index is 13.4. The number of hydrogen-bond donors (Lipinski definition) is 1. The molecule has 1 saturated carbocycles. The summed E-state index contributed by atoms with van der Waals surface area (Å²) in [5.41, 5.74) is 0.869. The number of benzene rings is 2. The van der Waals surface area contributed by atoms with Crippen LogP contribution >= 0.6 is 11.6 Å². The second-order valence-electron chi connectivity index (χ2n) is 8.19. The number of nitrogens with zero attached hydrogens (tertiary/aromatic N) is 2. The summed E-state index contributed by atoms with van der Waals surface area (Å²) in [7, 11) is 0. The van der Waals surface area contributed by atoms with E-state index in [0.717, 1.165) is 25.7 Å². The molecule has 1 aliphatic heterocycles. The second kappa shape index (κ2) is 9.06. The van der Waals surface area contributed by atoms with Gasteiger partial charge in [0.1, 0.15) is 6.04 Å². The number of para-hydroxylation sites is 1. The molecule has 7 nitrogen and oxygen atoms in total. The predicted octanol–water partition coefficient (Wildman–Crippen LogP) is 4.34. The quantitative estimate of drug-likeness (QED) is 0.551. The molecule has 0 aromatic heterocycles. The number of nitro groups is 1. The van der Waals surface area contributed by atoms with Crippen molar-refractivity contribution in [3.8, 4) is 0 Å². The fourth-order valence-corrected chi connectivity index (χ4v) is 5.09. The van der Waals surface area contributed by atoms with Gasteiger partial charge in [-0.3, -0.25) is 19.7 Å². The minimum atomic E-state index is -0.595. The Kier molecular flexibility index (Phi) is 6.23. The van der Waals surface area contributed by atoms with Crippen LogP contribution in [-0.4, -0.2) is 33.7 Å². The van der Waals surface area contributed by atoms with Gasteiger partial charge in [0, 0.05) is 34.8 Å². The van der Waals surface area contributed by atoms with Crippen LogP contribution in [0.15, 0.2) is 48.5 Å². The number of nitrogens with one attached hydrogen (secondary N) is 1. The third-order valence-electron chi connectivity index (χ3n) is 6.34. The van der Waals surface area contributed by atoms with Crippen LogP contribution in [0.3, 0.4) is 0 Å². The minimum Gasteiger partial charge on any atom is -0.350 e. The fraction of sp³-hybridized carbons (Fsp3) is 0.391. The Morgan fingerprint density at radius 1 is 1.13 bits per heavy atom. The zero-order valence-corrected chi connectivity index (χ0v) is 17.8. The first-order valence-corrected chi connectivity index (χ1v) is 10.9. The minimum absolute atomic E-state index is 0.0297. The number of hydrogen-bond acceptors (Lipinski definition) is 4. The number of halogens is 1. The average molecular weight is 442 g/mol. The normalized spacial score (nSPS) is 22.6. The van der Waals surface area contributed by atoms with E-state index in [9.17, 15) is 19.7 Å². The van der Waals surface area contributed by atoms with Crippen molar-refractivity contribution in [2.45, 2.75) is 50.7 Å². The molecule has 8 heteroatoms. The molecule has 1 saturated heterocycles. The van der Waals surface area contributed by atoms with Crippen LogP contribution in [0.4, 0.5) is 5.69 Å². The second-order valence-corrected chi connectivity index (χ2v) is 8.63. The number of carbonyl (C=O) groups is 2. The van der Waals surface area contributed by atoms with Crippen LogP contribution in [0, 0.1) is 16.0 Å². The molecule has 2 aromatic carbocycles. The summed E-state index contributed by atoms with van der Waals surface area (Å²) < 4.78 is 0. The number of rotatable bonds is 5. The Balaban J connectivity index is 1.55. The Morgan fingerprint density at radius 3 is 2.68 bits per heavy atom. The largest absolute Gasteiger partial charge is 0.350 e. The van der Waals surface area contributed by atoms with Crippen LogP contribution in [0.1, 0.15) is 48.0 Å². The van der Waals surface area contributed by atoms with Crippen LogP contribution in [0.25, 0.3) is 0 Å². The van der Waals surface area contributed by atoms with Gasteiger partial charge in [0.2, 0.25) is 5.91 Å². The highest BCUT2D eigenvalue weighted by atomic mass is 35.5. The number of amides is 2. The summed E-state index contributed by atoms with van der Waals surface area (Å²) in [4.78, 5) is 39.1. The van der Waals surface area contributed by atoms with Gasteiger partial charge in [0.15, 0.2) is 0 Å². The van der Waals surface area contributed by atoms with Crippen molar-refractivity contribution in [2.24, 2.45) is 5.92 Å². The van der Waals surface area contributed by atoms with Crippen molar-refractivity contribution in [3.05, 3.63) is 74.8 Å². The smallest absolute Gasteiger partial charge is 0.274 e. The Labute approximate surface area is 185 Å². The van der Waals surface area contributed by atoms with Crippen molar-refractivity contribution in [3.63, 3.8) is 0 Å². The van der Waals surface area contributed by atoms with Gasteiger partial charge < -0.3 is 10.2 Å². The first-order valence-electron chi connectivity index (χ1n) is 10.5. The molecule has 4 rings (SSSR count). The van der Waals surface area contributed by atoms with E-state index >= 15 is 0 Å². The number of likely N-dealkylation sites (tertiary alicyclic amines) is 1. The highest BCUT2D eigenvalue weighted by Crippen LogP contribution is 2.40. The zero-order valence-electron chi connectivity index (χ0n) is 17.0. The van der Waals surface area contributed by atoms with Gasteiger partial charge in [-0.05, 0) is 43.4 Å². The summed E-state index contributed by atoms with van der Waals surface area (Å²) >= 11 is 6.08. The van der Waals surface area contributed by atoms with E-state index in [0.29, 0.717) is 28.5 Å². The molecule has 0 radical (unpaired) electrons. The van der Waals surface area contributed by atoms with E-state index in [1.807, 2.05) is 0 Å². The molecule has 1 aliphatic carbocycles. The highest BCUT2D eigenvalue weighted by molar-refractivity contribution is 6.31. The lowest BCUT2D eigenvalue weighted by molar-refractivity contribution is -0.385. The van der Waals surface area contributed by atoms with Gasteiger partial charge >= 0.3 is 0 Å². The monoisotopic (exact) mass is 441 g/mol. The van der Waals surface area contributed by atoms with Crippen LogP contribution in [0.5, 0.6) is 0 Å². The van der Waals surface area contributed by atoms with Crippen molar-refractivity contribution in [1.29, 1.82) is 0 Å². The topological polar surface area (TPSA) is 92.5 Å². The van der Waals surface area contributed by atoms with Crippen molar-refractivity contribution >= 4 is 29.1 Å². The van der Waals surface area contributed by atoms with Gasteiger partial charge in [-0.15, -0.1) is 0 Å². The molecular weight excluding hydrogens is 418 g/mol. The van der Waals surface area contributed by atoms with Crippen molar-refractivity contribution in [2.75, 3.05) is 0 Å². The summed E-state index contributed by atoms with van der Waals surface area (Å²) in [6.45, 7) is 0.0427. The fourth-order valence-electron chi connectivity index (χ4n) is 4.90. The summed E-state index contributed by atoms with van der Waals surface area (Å²) in [5, 5.41) is 14.6. The summed E-state index contributed by atoms with van der Waals surface area (Å²) in [5.74, 6) is -0.177. The van der Waals surface area contributed by atoms with Gasteiger partial charge in [0.25, 0.3) is 11.6 Å². The molecule has 2 fully saturated rings. The number of fused-ring (bicyclic) bond motifs is 1. The maximum atomic E-state index is 13.4. The molecule has 2 aliphatic rings. The summed E-state index contributed by atoms with van der Waals surface area (Å²) in [6.07, 6.45) is 4.62. The lowest BCUT2D eigenvalue weighted by atomic mass is 9.84. The molecule has 3 unspecified atom stereocenters. The van der Waals surface area contributed by atoms with Gasteiger partial charge in [-0.1, -0.05) is 48.7 Å². The van der Waals surface area contributed by atoms with E-state index < -0.39 is 11.0 Å². The maximum Gasteiger partial charge on any atom is 0.274 e. The van der Waals surface area contributed by atoms with Crippen molar-refractivity contribution < 1.29 is 14.5 Å². The van der Waals surface area contributed by atoms with E-state index in [4.69, 9.17) is 11.6 Å². The summed E-state index contributed by atoms with van der Waals surface area (Å²) in [6, 6.07) is 12.6. The van der Waals surface area contributed by atoms with Crippen LogP contribution < -0.4 is 5.32 Å². The molecule has 3 atom stereocenters. The molecule has 2 amide bonds. The van der Waals surface area contributed by atoms with Gasteiger partial charge in [0.05, 0.1) is 4.92 Å². The molecule has 31 heavy (non-hydrogen) atoms. The molecule has 1 N–H and O–H groups in total. The molecule has 1 heterocycles. The lowest BCUT2D eigenvalue weighted by Crippen LogP contribution is -2.49. The molecule has 162 valence electrons. The third-order valence-corrected chi connectivity index (χ3v) is 6.57. The Morgan fingerprint density at radius 2 is 1.90 bits per heavy atom. The van der Waals surface area contributed by atoms with E-state index in [1.165, 1.54) is 6.07 Å². The van der Waals surface area contributed by atoms with E-state index in [1.54, 1.807) is 47.4 Å². The van der Waals surface area contributed by atoms with Crippen LogP contribution in [-0.2, 0) is 11.3 Å². The van der Waals surface area contributed by atoms with Crippen molar-refractivity contribution in [1.82, 2.24) is 10.2 Å². The standard InChI is InChI=1S/C23H24ClN3O4/c24-18-9-5-8-16(12-18)23(29)26-19-10-3-1-6-15(19)13-21(26)22(28)25-14-17-7-2-4-11-20(17)27(30)31/h2,4-5,7-9,11-12,15,19,21H,1,3,6,10,13-14H2,(H,25,28). The van der Waals surface area contributed by atoms with E-state index in [2.05, 4.69) is 5.32 Å².